The predicted octanol–water partition coefficient (Wildman–Crippen LogP) is 0.778. The molecule has 0 bridgehead atoms. The first-order chi connectivity index (χ1) is 7.57. The molecule has 0 spiro atoms. The van der Waals surface area contributed by atoms with Crippen LogP contribution in [0.3, 0.4) is 0 Å². The van der Waals surface area contributed by atoms with Crippen LogP contribution in [0.1, 0.15) is 31.9 Å². The third-order valence-electron chi connectivity index (χ3n) is 3.36. The minimum atomic E-state index is -0.602. The van der Waals surface area contributed by atoms with Crippen molar-refractivity contribution < 1.29 is 14.6 Å². The molecule has 1 aromatic rings. The van der Waals surface area contributed by atoms with Crippen LogP contribution in [0.5, 0.6) is 0 Å². The standard InChI is InChI=1S/C11H16N2O3/c1-11(2)15-9-6(7-3-4-12-13-7)5-8(14)10(9)16-11/h3-4,6,8-10,14H,5H2,1-2H3,(H,12,13)/t6-,8+,9-,10+/m1/s1. The maximum Gasteiger partial charge on any atom is 0.163 e. The van der Waals surface area contributed by atoms with Crippen LogP contribution in [0.15, 0.2) is 12.3 Å². The van der Waals surface area contributed by atoms with Gasteiger partial charge in [0, 0.05) is 17.8 Å². The summed E-state index contributed by atoms with van der Waals surface area (Å²) in [7, 11) is 0. The van der Waals surface area contributed by atoms with Crippen molar-refractivity contribution in [3.63, 3.8) is 0 Å². The van der Waals surface area contributed by atoms with Crippen LogP contribution >= 0.6 is 0 Å². The first-order valence-corrected chi connectivity index (χ1v) is 5.60. The summed E-state index contributed by atoms with van der Waals surface area (Å²) in [4.78, 5) is 0. The molecule has 1 saturated heterocycles. The van der Waals surface area contributed by atoms with Gasteiger partial charge < -0.3 is 14.6 Å². The van der Waals surface area contributed by atoms with E-state index >= 15 is 0 Å². The van der Waals surface area contributed by atoms with E-state index in [0.717, 1.165) is 5.69 Å². The van der Waals surface area contributed by atoms with Crippen molar-refractivity contribution in [1.82, 2.24) is 10.2 Å². The van der Waals surface area contributed by atoms with Crippen LogP contribution in [-0.2, 0) is 9.47 Å². The van der Waals surface area contributed by atoms with E-state index in [0.29, 0.717) is 6.42 Å². The molecule has 3 rings (SSSR count). The highest BCUT2D eigenvalue weighted by molar-refractivity contribution is 5.16. The number of hydrogen-bond donors (Lipinski definition) is 2. The fourth-order valence-electron chi connectivity index (χ4n) is 2.73. The van der Waals surface area contributed by atoms with Crippen molar-refractivity contribution in [3.8, 4) is 0 Å². The van der Waals surface area contributed by atoms with Crippen molar-refractivity contribution in [2.45, 2.75) is 50.3 Å². The zero-order valence-electron chi connectivity index (χ0n) is 9.38. The molecule has 5 nitrogen and oxygen atoms in total. The number of rotatable bonds is 1. The Kier molecular flexibility index (Phi) is 2.11. The molecule has 1 aliphatic carbocycles. The highest BCUT2D eigenvalue weighted by Gasteiger charge is 2.54. The molecule has 4 atom stereocenters. The van der Waals surface area contributed by atoms with Crippen LogP contribution in [0.2, 0.25) is 0 Å². The van der Waals surface area contributed by atoms with Crippen LogP contribution in [0.4, 0.5) is 0 Å². The Morgan fingerprint density at radius 3 is 2.88 bits per heavy atom. The zero-order valence-corrected chi connectivity index (χ0v) is 9.38. The van der Waals surface area contributed by atoms with Crippen molar-refractivity contribution in [1.29, 1.82) is 0 Å². The Labute approximate surface area is 93.8 Å². The quantitative estimate of drug-likeness (QED) is 0.739. The average molecular weight is 224 g/mol. The van der Waals surface area contributed by atoms with Gasteiger partial charge in [0.15, 0.2) is 5.79 Å². The molecule has 0 unspecified atom stereocenters. The van der Waals surface area contributed by atoms with Gasteiger partial charge in [-0.2, -0.15) is 5.10 Å². The Hall–Kier alpha value is -0.910. The molecule has 2 heterocycles. The van der Waals surface area contributed by atoms with Gasteiger partial charge in [-0.05, 0) is 26.3 Å². The van der Waals surface area contributed by atoms with E-state index in [2.05, 4.69) is 10.2 Å². The van der Waals surface area contributed by atoms with Gasteiger partial charge in [0.2, 0.25) is 0 Å². The van der Waals surface area contributed by atoms with Crippen LogP contribution in [0, 0.1) is 0 Å². The molecule has 1 saturated carbocycles. The van der Waals surface area contributed by atoms with E-state index in [-0.39, 0.29) is 18.1 Å². The summed E-state index contributed by atoms with van der Waals surface area (Å²) in [6, 6.07) is 1.93. The molecule has 0 amide bonds. The molecule has 0 radical (unpaired) electrons. The van der Waals surface area contributed by atoms with E-state index in [1.165, 1.54) is 0 Å². The highest BCUT2D eigenvalue weighted by Crippen LogP contribution is 2.45. The second-order valence-electron chi connectivity index (χ2n) is 4.99. The van der Waals surface area contributed by atoms with Gasteiger partial charge in [-0.15, -0.1) is 0 Å². The summed E-state index contributed by atoms with van der Waals surface area (Å²) in [6.45, 7) is 3.75. The number of nitrogens with zero attached hydrogens (tertiary/aromatic N) is 1. The molecule has 5 heteroatoms. The first-order valence-electron chi connectivity index (χ1n) is 5.60. The summed E-state index contributed by atoms with van der Waals surface area (Å²) in [6.07, 6.45) is 1.62. The normalized spacial score (nSPS) is 41.2. The van der Waals surface area contributed by atoms with Crippen molar-refractivity contribution in [2.75, 3.05) is 0 Å². The van der Waals surface area contributed by atoms with Crippen LogP contribution < -0.4 is 0 Å². The fourth-order valence-corrected chi connectivity index (χ4v) is 2.73. The van der Waals surface area contributed by atoms with Crippen molar-refractivity contribution >= 4 is 0 Å². The number of fused-ring (bicyclic) bond motifs is 1. The Bertz CT molecular complexity index is 377. The summed E-state index contributed by atoms with van der Waals surface area (Å²) < 4.78 is 11.6. The Balaban J connectivity index is 1.88. The van der Waals surface area contributed by atoms with Gasteiger partial charge in [-0.25, -0.2) is 0 Å². The summed E-state index contributed by atoms with van der Waals surface area (Å²) >= 11 is 0. The first kappa shape index (κ1) is 10.3. The van der Waals surface area contributed by atoms with Gasteiger partial charge in [-0.1, -0.05) is 0 Å². The van der Waals surface area contributed by atoms with E-state index in [1.807, 2.05) is 19.9 Å². The van der Waals surface area contributed by atoms with Gasteiger partial charge in [-0.3, -0.25) is 5.10 Å². The van der Waals surface area contributed by atoms with Gasteiger partial charge in [0.25, 0.3) is 0 Å². The number of aliphatic hydroxyl groups excluding tert-OH is 1. The highest BCUT2D eigenvalue weighted by atomic mass is 16.8. The third kappa shape index (κ3) is 1.47. The fraction of sp³-hybridized carbons (Fsp3) is 0.727. The van der Waals surface area contributed by atoms with Gasteiger partial charge >= 0.3 is 0 Å². The molecule has 16 heavy (non-hydrogen) atoms. The number of nitrogens with one attached hydrogen (secondary N) is 1. The minimum Gasteiger partial charge on any atom is -0.390 e. The van der Waals surface area contributed by atoms with E-state index in [4.69, 9.17) is 9.47 Å². The lowest BCUT2D eigenvalue weighted by Crippen LogP contribution is -2.28. The van der Waals surface area contributed by atoms with Crippen LogP contribution in [0.25, 0.3) is 0 Å². The van der Waals surface area contributed by atoms with E-state index in [9.17, 15) is 5.11 Å². The van der Waals surface area contributed by atoms with Crippen molar-refractivity contribution in [2.24, 2.45) is 0 Å². The van der Waals surface area contributed by atoms with E-state index < -0.39 is 11.9 Å². The lowest BCUT2D eigenvalue weighted by Gasteiger charge is -2.21. The second kappa shape index (κ2) is 3.29. The molecule has 2 N–H and O–H groups in total. The molecular formula is C11H16N2O3. The Morgan fingerprint density at radius 2 is 2.19 bits per heavy atom. The molecule has 2 fully saturated rings. The number of H-pyrrole nitrogens is 1. The minimum absolute atomic E-state index is 0.0783. The monoisotopic (exact) mass is 224 g/mol. The van der Waals surface area contributed by atoms with Gasteiger partial charge in [0.05, 0.1) is 12.2 Å². The Morgan fingerprint density at radius 1 is 1.44 bits per heavy atom. The average Bonchev–Trinajstić information content (AvgIpc) is 2.84. The number of aromatic amines is 1. The van der Waals surface area contributed by atoms with E-state index in [1.54, 1.807) is 6.20 Å². The summed E-state index contributed by atoms with van der Waals surface area (Å²) in [5, 5.41) is 16.8. The molecule has 1 aromatic heterocycles. The zero-order chi connectivity index (χ0) is 11.3. The van der Waals surface area contributed by atoms with Crippen molar-refractivity contribution in [3.05, 3.63) is 18.0 Å². The molecule has 2 aliphatic rings. The predicted molar refractivity (Wildman–Crippen MR) is 55.8 cm³/mol. The smallest absolute Gasteiger partial charge is 0.163 e. The molecule has 1 aliphatic heterocycles. The largest absolute Gasteiger partial charge is 0.390 e. The third-order valence-corrected chi connectivity index (χ3v) is 3.36. The molecular weight excluding hydrogens is 208 g/mol. The maximum atomic E-state index is 9.96. The SMILES string of the molecule is CC1(C)O[C@@H]2[C@H](O1)[C@@H](c1ccn[nH]1)C[C@@H]2O. The topological polar surface area (TPSA) is 67.4 Å². The lowest BCUT2D eigenvalue weighted by molar-refractivity contribution is -0.163. The number of hydrogen-bond acceptors (Lipinski definition) is 4. The second-order valence-corrected chi connectivity index (χ2v) is 4.99. The molecule has 0 aromatic carbocycles. The lowest BCUT2D eigenvalue weighted by atomic mass is 10.0. The number of ether oxygens (including phenoxy) is 2. The number of aliphatic hydroxyl groups is 1. The molecule has 88 valence electrons. The maximum absolute atomic E-state index is 9.96. The van der Waals surface area contributed by atoms with Crippen LogP contribution in [-0.4, -0.2) is 39.4 Å². The summed E-state index contributed by atoms with van der Waals surface area (Å²) in [5.74, 6) is -0.459. The van der Waals surface area contributed by atoms with Gasteiger partial charge in [0.1, 0.15) is 6.10 Å². The number of aromatic nitrogens is 2. The summed E-state index contributed by atoms with van der Waals surface area (Å²) in [5.41, 5.74) is 1.01.